The lowest BCUT2D eigenvalue weighted by atomic mass is 10.1. The minimum Gasteiger partial charge on any atom is -0.373 e. The molecule has 104 valence electrons. The summed E-state index contributed by atoms with van der Waals surface area (Å²) in [6.45, 7) is 2.41. The van der Waals surface area contributed by atoms with Crippen LogP contribution in [0.1, 0.15) is 10.4 Å². The Hall–Kier alpha value is -0.810. The Bertz CT molecular complexity index is 466. The fourth-order valence-electron chi connectivity index (χ4n) is 2.09. The molecule has 0 bridgehead atoms. The lowest BCUT2D eigenvalue weighted by Gasteiger charge is -2.33. The van der Waals surface area contributed by atoms with Crippen LogP contribution < -0.4 is 5.32 Å². The molecule has 0 aliphatic carbocycles. The van der Waals surface area contributed by atoms with Crippen molar-refractivity contribution in [1.29, 1.82) is 0 Å². The summed E-state index contributed by atoms with van der Waals surface area (Å²) in [5.41, 5.74) is 0.483. The molecule has 1 aromatic rings. The summed E-state index contributed by atoms with van der Waals surface area (Å²) in [6, 6.07) is 4.92. The first-order chi connectivity index (χ1) is 9.11. The fraction of sp³-hybridized carbons (Fsp3) is 0.462. The van der Waals surface area contributed by atoms with E-state index in [1.54, 1.807) is 23.1 Å². The number of nitrogens with one attached hydrogen (secondary N) is 1. The predicted molar refractivity (Wildman–Crippen MR) is 76.0 cm³/mol. The molecule has 1 unspecified atom stereocenters. The number of hydrogen-bond donors (Lipinski definition) is 1. The number of ether oxygens (including phenoxy) is 1. The molecule has 1 aliphatic rings. The van der Waals surface area contributed by atoms with E-state index in [9.17, 15) is 4.79 Å². The molecule has 1 fully saturated rings. The second kappa shape index (κ2) is 6.57. The molecule has 1 aromatic carbocycles. The van der Waals surface area contributed by atoms with Gasteiger partial charge in [-0.15, -0.1) is 0 Å². The van der Waals surface area contributed by atoms with E-state index in [1.807, 2.05) is 7.05 Å². The van der Waals surface area contributed by atoms with Gasteiger partial charge in [-0.1, -0.05) is 23.2 Å². The van der Waals surface area contributed by atoms with E-state index in [-0.39, 0.29) is 12.0 Å². The number of carbonyl (C=O) groups is 1. The Labute approximate surface area is 122 Å². The van der Waals surface area contributed by atoms with E-state index < -0.39 is 0 Å². The zero-order valence-electron chi connectivity index (χ0n) is 10.7. The van der Waals surface area contributed by atoms with Gasteiger partial charge in [-0.05, 0) is 25.2 Å². The van der Waals surface area contributed by atoms with Crippen LogP contribution in [0.15, 0.2) is 18.2 Å². The molecule has 4 nitrogen and oxygen atoms in total. The van der Waals surface area contributed by atoms with Crippen LogP contribution in [0.2, 0.25) is 10.0 Å². The van der Waals surface area contributed by atoms with Crippen molar-refractivity contribution in [2.45, 2.75) is 6.10 Å². The Balaban J connectivity index is 2.10. The topological polar surface area (TPSA) is 41.6 Å². The molecule has 1 N–H and O–H groups in total. The first-order valence-electron chi connectivity index (χ1n) is 6.12. The summed E-state index contributed by atoms with van der Waals surface area (Å²) in [6.07, 6.45) is 0.0220. The van der Waals surface area contributed by atoms with Gasteiger partial charge in [0.15, 0.2) is 0 Å². The molecule has 0 aromatic heterocycles. The molecule has 19 heavy (non-hydrogen) atoms. The van der Waals surface area contributed by atoms with Crippen LogP contribution in [0, 0.1) is 0 Å². The number of carbonyl (C=O) groups excluding carboxylic acids is 1. The maximum Gasteiger partial charge on any atom is 0.255 e. The van der Waals surface area contributed by atoms with Gasteiger partial charge in [0.25, 0.3) is 5.91 Å². The van der Waals surface area contributed by atoms with Gasteiger partial charge in [-0.25, -0.2) is 0 Å². The van der Waals surface area contributed by atoms with Crippen molar-refractivity contribution in [3.63, 3.8) is 0 Å². The fourth-order valence-corrected chi connectivity index (χ4v) is 2.58. The molecule has 1 heterocycles. The highest BCUT2D eigenvalue weighted by Gasteiger charge is 2.25. The van der Waals surface area contributed by atoms with Crippen molar-refractivity contribution in [3.05, 3.63) is 33.8 Å². The molecule has 0 saturated carbocycles. The van der Waals surface area contributed by atoms with Crippen LogP contribution in [0.3, 0.4) is 0 Å². The summed E-state index contributed by atoms with van der Waals surface area (Å²) < 4.78 is 5.57. The number of halogens is 2. The van der Waals surface area contributed by atoms with Gasteiger partial charge >= 0.3 is 0 Å². The highest BCUT2D eigenvalue weighted by Crippen LogP contribution is 2.23. The highest BCUT2D eigenvalue weighted by molar-refractivity contribution is 6.36. The van der Waals surface area contributed by atoms with Crippen LogP contribution in [-0.4, -0.2) is 50.2 Å². The number of hydrogen-bond acceptors (Lipinski definition) is 3. The summed E-state index contributed by atoms with van der Waals surface area (Å²) >= 11 is 11.9. The normalized spacial score (nSPS) is 19.5. The SMILES string of the molecule is CNCC1CN(C(=O)c2ccc(Cl)cc2Cl)CCO1. The molecule has 0 spiro atoms. The minimum absolute atomic E-state index is 0.0220. The quantitative estimate of drug-likeness (QED) is 0.929. The van der Waals surface area contributed by atoms with Crippen LogP contribution in [0.25, 0.3) is 0 Å². The standard InChI is InChI=1S/C13H16Cl2N2O2/c1-16-7-10-8-17(4-5-19-10)13(18)11-3-2-9(14)6-12(11)15/h2-3,6,10,16H,4-5,7-8H2,1H3. The number of rotatable bonds is 3. The molecule has 0 radical (unpaired) electrons. The summed E-state index contributed by atoms with van der Waals surface area (Å²) in [5, 5.41) is 3.96. The number of amides is 1. The van der Waals surface area contributed by atoms with E-state index >= 15 is 0 Å². The largest absolute Gasteiger partial charge is 0.373 e. The van der Waals surface area contributed by atoms with E-state index in [2.05, 4.69) is 5.32 Å². The average Bonchev–Trinajstić information content (AvgIpc) is 2.39. The molecule has 2 rings (SSSR count). The summed E-state index contributed by atoms with van der Waals surface area (Å²) in [5.74, 6) is -0.0777. The van der Waals surface area contributed by atoms with Crippen LogP contribution in [0.5, 0.6) is 0 Å². The van der Waals surface area contributed by atoms with Crippen molar-refractivity contribution in [2.24, 2.45) is 0 Å². The second-order valence-corrected chi connectivity index (χ2v) is 5.27. The lowest BCUT2D eigenvalue weighted by molar-refractivity contribution is -0.0196. The zero-order chi connectivity index (χ0) is 13.8. The molecule has 1 aliphatic heterocycles. The third-order valence-corrected chi connectivity index (χ3v) is 3.57. The van der Waals surface area contributed by atoms with Gasteiger partial charge in [0.05, 0.1) is 23.3 Å². The molecule has 1 atom stereocenters. The third kappa shape index (κ3) is 3.60. The maximum absolute atomic E-state index is 12.4. The van der Waals surface area contributed by atoms with Crippen LogP contribution in [-0.2, 0) is 4.74 Å². The smallest absolute Gasteiger partial charge is 0.255 e. The summed E-state index contributed by atoms with van der Waals surface area (Å²) in [7, 11) is 1.86. The molecule has 6 heteroatoms. The van der Waals surface area contributed by atoms with E-state index in [0.717, 1.165) is 6.54 Å². The highest BCUT2D eigenvalue weighted by atomic mass is 35.5. The van der Waals surface area contributed by atoms with Gasteiger partial charge in [0.1, 0.15) is 0 Å². The molecule has 1 amide bonds. The van der Waals surface area contributed by atoms with Crippen molar-refractivity contribution >= 4 is 29.1 Å². The zero-order valence-corrected chi connectivity index (χ0v) is 12.2. The number of likely N-dealkylation sites (N-methyl/N-ethyl adjacent to an activating group) is 1. The van der Waals surface area contributed by atoms with Gasteiger partial charge in [0.2, 0.25) is 0 Å². The number of benzene rings is 1. The first kappa shape index (κ1) is 14.6. The Morgan fingerprint density at radius 2 is 2.32 bits per heavy atom. The maximum atomic E-state index is 12.4. The van der Waals surface area contributed by atoms with E-state index in [0.29, 0.717) is 35.3 Å². The van der Waals surface area contributed by atoms with Crippen molar-refractivity contribution in [1.82, 2.24) is 10.2 Å². The van der Waals surface area contributed by atoms with Crippen molar-refractivity contribution in [3.8, 4) is 0 Å². The number of morpholine rings is 1. The minimum atomic E-state index is -0.0777. The third-order valence-electron chi connectivity index (χ3n) is 3.02. The van der Waals surface area contributed by atoms with Gasteiger partial charge in [-0.2, -0.15) is 0 Å². The molecule has 1 saturated heterocycles. The Morgan fingerprint density at radius 3 is 3.00 bits per heavy atom. The van der Waals surface area contributed by atoms with E-state index in [4.69, 9.17) is 27.9 Å². The van der Waals surface area contributed by atoms with Gasteiger partial charge < -0.3 is 15.0 Å². The number of nitrogens with zero attached hydrogens (tertiary/aromatic N) is 1. The predicted octanol–water partition coefficient (Wildman–Crippen LogP) is 2.05. The molecular formula is C13H16Cl2N2O2. The van der Waals surface area contributed by atoms with E-state index in [1.165, 1.54) is 0 Å². The van der Waals surface area contributed by atoms with Gasteiger partial charge in [0, 0.05) is 24.7 Å². The van der Waals surface area contributed by atoms with Crippen LogP contribution >= 0.6 is 23.2 Å². The van der Waals surface area contributed by atoms with Crippen LogP contribution in [0.4, 0.5) is 0 Å². The van der Waals surface area contributed by atoms with Gasteiger partial charge in [-0.3, -0.25) is 4.79 Å². The first-order valence-corrected chi connectivity index (χ1v) is 6.88. The second-order valence-electron chi connectivity index (χ2n) is 4.43. The Morgan fingerprint density at radius 1 is 1.53 bits per heavy atom. The lowest BCUT2D eigenvalue weighted by Crippen LogP contribution is -2.48. The molecular weight excluding hydrogens is 287 g/mol. The Kier molecular flexibility index (Phi) is 5.05. The monoisotopic (exact) mass is 302 g/mol. The van der Waals surface area contributed by atoms with Crippen molar-refractivity contribution < 1.29 is 9.53 Å². The average molecular weight is 303 g/mol. The summed E-state index contributed by atoms with van der Waals surface area (Å²) in [4.78, 5) is 14.2. The van der Waals surface area contributed by atoms with Crippen molar-refractivity contribution in [2.75, 3.05) is 33.3 Å².